The number of rotatable bonds is 8. The zero-order valence-corrected chi connectivity index (χ0v) is 21.4. The van der Waals surface area contributed by atoms with E-state index in [2.05, 4.69) is 21.8 Å². The Morgan fingerprint density at radius 3 is 2.70 bits per heavy atom. The van der Waals surface area contributed by atoms with E-state index in [4.69, 9.17) is 4.74 Å². The lowest BCUT2D eigenvalue weighted by Crippen LogP contribution is -2.57. The summed E-state index contributed by atoms with van der Waals surface area (Å²) in [6, 6.07) is 6.48. The summed E-state index contributed by atoms with van der Waals surface area (Å²) in [6.07, 6.45) is 3.97. The van der Waals surface area contributed by atoms with E-state index in [9.17, 15) is 16.8 Å². The average Bonchev–Trinajstić information content (AvgIpc) is 2.79. The second kappa shape index (κ2) is 9.79. The summed E-state index contributed by atoms with van der Waals surface area (Å²) in [5.41, 5.74) is 2.59. The topological polar surface area (TPSA) is 99.3 Å². The Balaban J connectivity index is 1.46. The van der Waals surface area contributed by atoms with Crippen LogP contribution in [-0.2, 0) is 26.7 Å². The smallest absolute Gasteiger partial charge is 0.278 e. The van der Waals surface area contributed by atoms with Gasteiger partial charge in [-0.2, -0.15) is 17.0 Å². The standard InChI is InChI=1S/C22H36N4O5S2/c1-24(2)33(29,30)23-10-5-13-32(27,28)26-11-4-6-18-16-25-12-9-17-14-19(31-3)7-8-20(17)22(25)15-21(18)26/h7-8,14,18,21-23H,4-6,9-13,15-16H2,1-3H3. The van der Waals surface area contributed by atoms with E-state index in [1.165, 1.54) is 25.2 Å². The van der Waals surface area contributed by atoms with Gasteiger partial charge in [0.05, 0.1) is 12.9 Å². The van der Waals surface area contributed by atoms with Crippen molar-refractivity contribution >= 4 is 20.2 Å². The molecule has 0 saturated carbocycles. The van der Waals surface area contributed by atoms with Crippen LogP contribution in [0, 0.1) is 5.92 Å². The van der Waals surface area contributed by atoms with Crippen LogP contribution in [0.4, 0.5) is 0 Å². The Hall–Kier alpha value is -1.24. The lowest BCUT2D eigenvalue weighted by Gasteiger charge is -2.51. The fraction of sp³-hybridized carbons (Fsp3) is 0.727. The van der Waals surface area contributed by atoms with E-state index in [0.717, 1.165) is 48.8 Å². The number of benzene rings is 1. The summed E-state index contributed by atoms with van der Waals surface area (Å²) in [4.78, 5) is 2.53. The van der Waals surface area contributed by atoms with E-state index in [-0.39, 0.29) is 30.8 Å². The molecule has 1 aromatic carbocycles. The molecule has 4 rings (SSSR count). The fourth-order valence-corrected chi connectivity index (χ4v) is 8.05. The fourth-order valence-electron chi connectivity index (χ4n) is 5.56. The Morgan fingerprint density at radius 1 is 1.18 bits per heavy atom. The zero-order chi connectivity index (χ0) is 23.8. The SMILES string of the molecule is COc1ccc2c(c1)CCN1CC3CCCN(S(=O)(=O)CCCNS(=O)(=O)N(C)C)C3CC21. The molecule has 3 aliphatic heterocycles. The third kappa shape index (κ3) is 5.23. The first-order valence-electron chi connectivity index (χ1n) is 11.7. The molecule has 0 aliphatic carbocycles. The molecule has 2 saturated heterocycles. The normalized spacial score (nSPS) is 26.5. The van der Waals surface area contributed by atoms with Crippen molar-refractivity contribution in [3.05, 3.63) is 29.3 Å². The van der Waals surface area contributed by atoms with Crippen LogP contribution in [0.25, 0.3) is 0 Å². The van der Waals surface area contributed by atoms with E-state index < -0.39 is 20.2 Å². The van der Waals surface area contributed by atoms with Crippen LogP contribution in [0.15, 0.2) is 18.2 Å². The Bertz CT molecular complexity index is 1060. The van der Waals surface area contributed by atoms with Gasteiger partial charge in [0.15, 0.2) is 0 Å². The molecule has 3 atom stereocenters. The molecular formula is C22H36N4O5S2. The first-order valence-corrected chi connectivity index (χ1v) is 14.7. The van der Waals surface area contributed by atoms with Gasteiger partial charge in [0.2, 0.25) is 10.0 Å². The molecule has 11 heteroatoms. The molecule has 3 heterocycles. The molecule has 1 aromatic rings. The maximum Gasteiger partial charge on any atom is 0.278 e. The minimum Gasteiger partial charge on any atom is -0.497 e. The number of nitrogens with one attached hydrogen (secondary N) is 1. The van der Waals surface area contributed by atoms with Crippen LogP contribution in [0.1, 0.15) is 42.9 Å². The minimum absolute atomic E-state index is 0.00322. The van der Waals surface area contributed by atoms with Gasteiger partial charge < -0.3 is 4.74 Å². The van der Waals surface area contributed by atoms with Gasteiger partial charge in [-0.15, -0.1) is 0 Å². The number of methoxy groups -OCH3 is 1. The number of fused-ring (bicyclic) bond motifs is 4. The predicted octanol–water partition coefficient (Wildman–Crippen LogP) is 1.19. The number of nitrogens with zero attached hydrogens (tertiary/aromatic N) is 3. The number of hydrogen-bond donors (Lipinski definition) is 1. The molecule has 2 fully saturated rings. The Morgan fingerprint density at radius 2 is 1.97 bits per heavy atom. The van der Waals surface area contributed by atoms with Gasteiger partial charge in [-0.3, -0.25) is 4.90 Å². The van der Waals surface area contributed by atoms with Crippen LogP contribution in [0.3, 0.4) is 0 Å². The molecular weight excluding hydrogens is 464 g/mol. The maximum absolute atomic E-state index is 13.3. The van der Waals surface area contributed by atoms with E-state index in [1.807, 2.05) is 6.07 Å². The molecule has 0 spiro atoms. The second-order valence-corrected chi connectivity index (χ2v) is 13.5. The Labute approximate surface area is 198 Å². The largest absolute Gasteiger partial charge is 0.497 e. The van der Waals surface area contributed by atoms with Gasteiger partial charge in [-0.25, -0.2) is 13.1 Å². The van der Waals surface area contributed by atoms with Gasteiger partial charge in [-0.1, -0.05) is 6.07 Å². The van der Waals surface area contributed by atoms with Crippen LogP contribution < -0.4 is 9.46 Å². The molecule has 33 heavy (non-hydrogen) atoms. The number of sulfonamides is 1. The highest BCUT2D eigenvalue weighted by atomic mass is 32.2. The number of ether oxygens (including phenoxy) is 1. The molecule has 0 bridgehead atoms. The minimum atomic E-state index is -3.55. The Kier molecular flexibility index (Phi) is 7.38. The van der Waals surface area contributed by atoms with Crippen molar-refractivity contribution in [2.75, 3.05) is 53.1 Å². The average molecular weight is 501 g/mol. The first-order chi connectivity index (χ1) is 15.6. The van der Waals surface area contributed by atoms with E-state index >= 15 is 0 Å². The van der Waals surface area contributed by atoms with Crippen molar-refractivity contribution in [3.8, 4) is 5.75 Å². The molecule has 186 valence electrons. The number of hydrogen-bond acceptors (Lipinski definition) is 6. The summed E-state index contributed by atoms with van der Waals surface area (Å²) < 4.78 is 61.0. The van der Waals surface area contributed by atoms with Crippen molar-refractivity contribution in [1.82, 2.24) is 18.2 Å². The summed E-state index contributed by atoms with van der Waals surface area (Å²) in [7, 11) is -2.45. The van der Waals surface area contributed by atoms with Crippen LogP contribution >= 0.6 is 0 Å². The maximum atomic E-state index is 13.3. The van der Waals surface area contributed by atoms with Gasteiger partial charge in [0.1, 0.15) is 5.75 Å². The molecule has 9 nitrogen and oxygen atoms in total. The number of piperidine rings is 2. The van der Waals surface area contributed by atoms with E-state index in [1.54, 1.807) is 11.4 Å². The van der Waals surface area contributed by atoms with Crippen LogP contribution in [0.2, 0.25) is 0 Å². The molecule has 0 aromatic heterocycles. The van der Waals surface area contributed by atoms with Crippen molar-refractivity contribution in [3.63, 3.8) is 0 Å². The summed E-state index contributed by atoms with van der Waals surface area (Å²) >= 11 is 0. The van der Waals surface area contributed by atoms with Gasteiger partial charge in [0.25, 0.3) is 10.2 Å². The van der Waals surface area contributed by atoms with E-state index in [0.29, 0.717) is 12.5 Å². The van der Waals surface area contributed by atoms with Gasteiger partial charge >= 0.3 is 0 Å². The lowest BCUT2D eigenvalue weighted by molar-refractivity contribution is 0.0219. The van der Waals surface area contributed by atoms with Crippen molar-refractivity contribution in [2.45, 2.75) is 44.2 Å². The monoisotopic (exact) mass is 500 g/mol. The molecule has 3 aliphatic rings. The predicted molar refractivity (Wildman–Crippen MR) is 128 cm³/mol. The van der Waals surface area contributed by atoms with Crippen molar-refractivity contribution in [1.29, 1.82) is 0 Å². The molecule has 1 N–H and O–H groups in total. The van der Waals surface area contributed by atoms with Crippen molar-refractivity contribution in [2.24, 2.45) is 5.92 Å². The highest BCUT2D eigenvalue weighted by Gasteiger charge is 2.45. The highest BCUT2D eigenvalue weighted by Crippen LogP contribution is 2.44. The first kappa shape index (κ1) is 24.9. The van der Waals surface area contributed by atoms with Crippen LogP contribution in [-0.4, -0.2) is 89.5 Å². The highest BCUT2D eigenvalue weighted by molar-refractivity contribution is 7.89. The van der Waals surface area contributed by atoms with Crippen molar-refractivity contribution < 1.29 is 21.6 Å². The molecule has 0 radical (unpaired) electrons. The van der Waals surface area contributed by atoms with Crippen LogP contribution in [0.5, 0.6) is 5.75 Å². The second-order valence-electron chi connectivity index (χ2n) is 9.49. The molecule has 0 amide bonds. The lowest BCUT2D eigenvalue weighted by atomic mass is 9.77. The third-order valence-corrected chi connectivity index (χ3v) is 10.8. The summed E-state index contributed by atoms with van der Waals surface area (Å²) in [6.45, 7) is 2.57. The van der Waals surface area contributed by atoms with Gasteiger partial charge in [-0.05, 0) is 61.3 Å². The van der Waals surface area contributed by atoms with Gasteiger partial charge in [0, 0.05) is 52.4 Å². The summed E-state index contributed by atoms with van der Waals surface area (Å²) in [5.74, 6) is 1.16. The summed E-state index contributed by atoms with van der Waals surface area (Å²) in [5, 5.41) is 0. The third-order valence-electron chi connectivity index (χ3n) is 7.32. The zero-order valence-electron chi connectivity index (χ0n) is 19.7. The molecule has 3 unspecified atom stereocenters. The quantitative estimate of drug-likeness (QED) is 0.539.